The molecule has 0 aliphatic rings. The minimum atomic E-state index is -0.542. The Morgan fingerprint density at radius 3 is 2.77 bits per heavy atom. The zero-order valence-electron chi connectivity index (χ0n) is 15.0. The number of amides is 1. The summed E-state index contributed by atoms with van der Waals surface area (Å²) >= 11 is 6.33. The van der Waals surface area contributed by atoms with Gasteiger partial charge in [-0.2, -0.15) is 0 Å². The second-order valence-corrected chi connectivity index (χ2v) is 6.03. The summed E-state index contributed by atoms with van der Waals surface area (Å²) in [5.41, 5.74) is 3.22. The van der Waals surface area contributed by atoms with Crippen molar-refractivity contribution in [3.05, 3.63) is 53.6 Å². The maximum absolute atomic E-state index is 14.0. The molecular formula is C21H20ClFN2O. The third kappa shape index (κ3) is 4.93. The molecule has 0 aliphatic heterocycles. The van der Waals surface area contributed by atoms with Crippen LogP contribution < -0.4 is 5.32 Å². The molecule has 1 aromatic carbocycles. The molecular weight excluding hydrogens is 351 g/mol. The first-order valence-electron chi connectivity index (χ1n) is 8.38. The molecule has 5 heteroatoms. The highest BCUT2D eigenvalue weighted by Crippen LogP contribution is 2.29. The smallest absolute Gasteiger partial charge is 0.300 e. The van der Waals surface area contributed by atoms with Crippen molar-refractivity contribution in [3.8, 4) is 23.0 Å². The number of nitrogens with zero attached hydrogens (tertiary/aromatic N) is 1. The Hall–Kier alpha value is -2.64. The number of aryl methyl sites for hydroxylation is 1. The van der Waals surface area contributed by atoms with E-state index < -0.39 is 11.7 Å². The van der Waals surface area contributed by atoms with Crippen LogP contribution in [-0.4, -0.2) is 10.9 Å². The highest BCUT2D eigenvalue weighted by atomic mass is 35.5. The van der Waals surface area contributed by atoms with Crippen molar-refractivity contribution in [1.82, 2.24) is 4.98 Å². The monoisotopic (exact) mass is 370 g/mol. The van der Waals surface area contributed by atoms with Crippen molar-refractivity contribution in [1.29, 1.82) is 0 Å². The van der Waals surface area contributed by atoms with Crippen LogP contribution in [0.3, 0.4) is 0 Å². The highest BCUT2D eigenvalue weighted by Gasteiger charge is 2.10. The number of benzene rings is 1. The molecule has 0 atom stereocenters. The Morgan fingerprint density at radius 2 is 2.08 bits per heavy atom. The molecule has 134 valence electrons. The molecule has 0 unspecified atom stereocenters. The molecule has 0 radical (unpaired) electrons. The second kappa shape index (κ2) is 9.17. The Balaban J connectivity index is 2.41. The van der Waals surface area contributed by atoms with Crippen LogP contribution >= 0.6 is 11.6 Å². The van der Waals surface area contributed by atoms with E-state index in [1.807, 2.05) is 32.9 Å². The van der Waals surface area contributed by atoms with Crippen LogP contribution in [0.15, 0.2) is 36.5 Å². The van der Waals surface area contributed by atoms with E-state index in [1.54, 1.807) is 18.3 Å². The lowest BCUT2D eigenvalue weighted by Crippen LogP contribution is -2.10. The first kappa shape index (κ1) is 19.7. The van der Waals surface area contributed by atoms with Gasteiger partial charge in [0, 0.05) is 34.5 Å². The normalized spacial score (nSPS) is 10.9. The van der Waals surface area contributed by atoms with Crippen molar-refractivity contribution in [2.45, 2.75) is 33.6 Å². The third-order valence-electron chi connectivity index (χ3n) is 3.65. The van der Waals surface area contributed by atoms with E-state index in [0.717, 1.165) is 28.8 Å². The summed E-state index contributed by atoms with van der Waals surface area (Å²) in [5, 5.41) is 3.11. The number of rotatable bonds is 4. The summed E-state index contributed by atoms with van der Waals surface area (Å²) in [5.74, 6) is 4.00. The lowest BCUT2D eigenvalue weighted by Gasteiger charge is -2.10. The van der Waals surface area contributed by atoms with E-state index in [9.17, 15) is 9.18 Å². The van der Waals surface area contributed by atoms with Crippen LogP contribution in [0.1, 0.15) is 37.9 Å². The third-order valence-corrected chi connectivity index (χ3v) is 4.01. The molecule has 3 nitrogen and oxygen atoms in total. The molecule has 0 bridgehead atoms. The van der Waals surface area contributed by atoms with Crippen molar-refractivity contribution in [2.75, 3.05) is 5.32 Å². The quantitative estimate of drug-likeness (QED) is 0.718. The summed E-state index contributed by atoms with van der Waals surface area (Å²) in [6.07, 6.45) is 4.98. The molecule has 1 heterocycles. The van der Waals surface area contributed by atoms with E-state index in [-0.39, 0.29) is 5.69 Å². The van der Waals surface area contributed by atoms with E-state index in [4.69, 9.17) is 11.6 Å². The van der Waals surface area contributed by atoms with Crippen LogP contribution in [0.4, 0.5) is 10.1 Å². The second-order valence-electron chi connectivity index (χ2n) is 5.62. The van der Waals surface area contributed by atoms with Gasteiger partial charge < -0.3 is 5.32 Å². The lowest BCUT2D eigenvalue weighted by molar-refractivity contribution is -0.111. The number of aromatic nitrogens is 1. The lowest BCUT2D eigenvalue weighted by atomic mass is 10.0. The Morgan fingerprint density at radius 1 is 1.31 bits per heavy atom. The fraction of sp³-hybridized carbons (Fsp3) is 0.238. The SMILES string of the molecule is CCC#CC(=O)Nc1cc(-c2cnc(C)c(/C(Cl)=C\CC)c2)ccc1F. The van der Waals surface area contributed by atoms with Gasteiger partial charge in [0.15, 0.2) is 0 Å². The number of anilines is 1. The number of hydrogen-bond donors (Lipinski definition) is 1. The molecule has 1 N–H and O–H groups in total. The number of pyridine rings is 1. The summed E-state index contributed by atoms with van der Waals surface area (Å²) in [7, 11) is 0. The van der Waals surface area contributed by atoms with Crippen LogP contribution in [0.25, 0.3) is 16.2 Å². The molecule has 2 aromatic rings. The van der Waals surface area contributed by atoms with Gasteiger partial charge in [-0.25, -0.2) is 4.39 Å². The van der Waals surface area contributed by atoms with Gasteiger partial charge in [0.25, 0.3) is 5.91 Å². The van der Waals surface area contributed by atoms with Crippen LogP contribution in [0.5, 0.6) is 0 Å². The van der Waals surface area contributed by atoms with Crippen molar-refractivity contribution in [2.24, 2.45) is 0 Å². The fourth-order valence-electron chi connectivity index (χ4n) is 2.34. The first-order valence-corrected chi connectivity index (χ1v) is 8.76. The number of hydrogen-bond acceptors (Lipinski definition) is 2. The standard InChI is InChI=1S/C21H20ClFN2O/c1-4-6-8-21(26)25-20-12-15(9-10-19(20)23)16-11-17(14(3)24-13-16)18(22)7-5-2/h7,9-13H,4-5H2,1-3H3,(H,25,26)/b18-7+. The van der Waals surface area contributed by atoms with Crippen molar-refractivity contribution < 1.29 is 9.18 Å². The summed E-state index contributed by atoms with van der Waals surface area (Å²) in [6.45, 7) is 5.72. The van der Waals surface area contributed by atoms with Crippen molar-refractivity contribution in [3.63, 3.8) is 0 Å². The minimum absolute atomic E-state index is 0.0789. The van der Waals surface area contributed by atoms with E-state index in [1.165, 1.54) is 6.07 Å². The zero-order valence-corrected chi connectivity index (χ0v) is 15.7. The van der Waals surface area contributed by atoms with E-state index in [0.29, 0.717) is 11.5 Å². The molecule has 1 aromatic heterocycles. The average Bonchev–Trinajstić information content (AvgIpc) is 2.62. The van der Waals surface area contributed by atoms with E-state index >= 15 is 0 Å². The molecule has 26 heavy (non-hydrogen) atoms. The molecule has 0 fully saturated rings. The largest absolute Gasteiger partial charge is 0.313 e. The fourth-order valence-corrected chi connectivity index (χ4v) is 2.69. The van der Waals surface area contributed by atoms with Gasteiger partial charge in [0.2, 0.25) is 0 Å². The molecule has 0 aliphatic carbocycles. The predicted molar refractivity (Wildman–Crippen MR) is 105 cm³/mol. The molecule has 2 rings (SSSR count). The Labute approximate surface area is 158 Å². The van der Waals surface area contributed by atoms with Gasteiger partial charge in [-0.05, 0) is 43.0 Å². The number of carbonyl (C=O) groups is 1. The van der Waals surface area contributed by atoms with Gasteiger partial charge in [0.05, 0.1) is 5.69 Å². The highest BCUT2D eigenvalue weighted by molar-refractivity contribution is 6.48. The molecule has 1 amide bonds. The van der Waals surface area contributed by atoms with Crippen LogP contribution in [0.2, 0.25) is 0 Å². The maximum Gasteiger partial charge on any atom is 0.300 e. The Kier molecular flexibility index (Phi) is 6.94. The number of halogens is 2. The number of nitrogens with one attached hydrogen (secondary N) is 1. The minimum Gasteiger partial charge on any atom is -0.313 e. The van der Waals surface area contributed by atoms with Gasteiger partial charge in [-0.15, -0.1) is 0 Å². The zero-order chi connectivity index (χ0) is 19.1. The van der Waals surface area contributed by atoms with E-state index in [2.05, 4.69) is 22.1 Å². The summed E-state index contributed by atoms with van der Waals surface area (Å²) in [4.78, 5) is 16.1. The van der Waals surface area contributed by atoms with Gasteiger partial charge in [0.1, 0.15) is 5.82 Å². The topological polar surface area (TPSA) is 42.0 Å². The Bertz CT molecular complexity index is 910. The van der Waals surface area contributed by atoms with Gasteiger partial charge in [-0.1, -0.05) is 43.5 Å². The van der Waals surface area contributed by atoms with Gasteiger partial charge >= 0.3 is 0 Å². The van der Waals surface area contributed by atoms with Gasteiger partial charge in [-0.3, -0.25) is 9.78 Å². The van der Waals surface area contributed by atoms with Crippen molar-refractivity contribution >= 4 is 28.2 Å². The molecule has 0 saturated heterocycles. The molecule has 0 saturated carbocycles. The number of carbonyl (C=O) groups excluding carboxylic acids is 1. The summed E-state index contributed by atoms with van der Waals surface area (Å²) < 4.78 is 14.0. The predicted octanol–water partition coefficient (Wildman–Crippen LogP) is 5.54. The average molecular weight is 371 g/mol. The number of allylic oxidation sites excluding steroid dienone is 1. The maximum atomic E-state index is 14.0. The molecule has 0 spiro atoms. The summed E-state index contributed by atoms with van der Waals surface area (Å²) in [6, 6.07) is 6.42. The first-order chi connectivity index (χ1) is 12.5. The van der Waals surface area contributed by atoms with Crippen LogP contribution in [-0.2, 0) is 4.79 Å². The van der Waals surface area contributed by atoms with Crippen LogP contribution in [0, 0.1) is 24.6 Å².